The van der Waals surface area contributed by atoms with Crippen LogP contribution in [0.25, 0.3) is 5.69 Å². The van der Waals surface area contributed by atoms with Gasteiger partial charge in [-0.3, -0.25) is 4.99 Å². The molecule has 0 saturated heterocycles. The number of carboxylic acid groups (broad SMARTS) is 1. The first-order chi connectivity index (χ1) is 10.4. The summed E-state index contributed by atoms with van der Waals surface area (Å²) >= 11 is 0. The van der Waals surface area contributed by atoms with Gasteiger partial charge in [0.2, 0.25) is 0 Å². The molecular weight excluding hydrogens is 282 g/mol. The van der Waals surface area contributed by atoms with E-state index >= 15 is 0 Å². The van der Waals surface area contributed by atoms with Crippen molar-refractivity contribution in [2.24, 2.45) is 4.99 Å². The number of aryl methyl sites for hydroxylation is 1. The molecule has 1 aromatic heterocycles. The lowest BCUT2D eigenvalue weighted by molar-refractivity contribution is -0.132. The molecule has 1 aromatic carbocycles. The highest BCUT2D eigenvalue weighted by molar-refractivity contribution is 6.00. The largest absolute Gasteiger partial charge is 0.478 e. The summed E-state index contributed by atoms with van der Waals surface area (Å²) in [5.74, 6) is -0.965. The molecule has 0 unspecified atom stereocenters. The molecule has 0 aliphatic rings. The first-order valence-electron chi connectivity index (χ1n) is 6.70. The molecule has 114 valence electrons. The van der Waals surface area contributed by atoms with Crippen LogP contribution in [0.3, 0.4) is 0 Å². The third-order valence-corrected chi connectivity index (χ3v) is 3.42. The molecule has 7 heteroatoms. The van der Waals surface area contributed by atoms with Crippen molar-refractivity contribution in [3.05, 3.63) is 46.9 Å². The Morgan fingerprint density at radius 3 is 2.59 bits per heavy atom. The maximum atomic E-state index is 11.0. The fraction of sp³-hybridized carbons (Fsp3) is 0.267. The number of benzene rings is 1. The van der Waals surface area contributed by atoms with Crippen LogP contribution in [0.1, 0.15) is 31.9 Å². The minimum Gasteiger partial charge on any atom is -0.478 e. The summed E-state index contributed by atoms with van der Waals surface area (Å²) in [6.07, 6.45) is 1.53. The fourth-order valence-corrected chi connectivity index (χ4v) is 1.91. The quantitative estimate of drug-likeness (QED) is 0.689. The molecule has 0 radical (unpaired) electrons. The lowest BCUT2D eigenvalue weighted by atomic mass is 10.1. The Bertz CT molecular complexity index is 760. The highest BCUT2D eigenvalue weighted by atomic mass is 16.4. The van der Waals surface area contributed by atoms with Crippen LogP contribution in [0, 0.1) is 6.92 Å². The average Bonchev–Trinajstić information content (AvgIpc) is 3.00. The molecule has 0 fully saturated rings. The lowest BCUT2D eigenvalue weighted by Gasteiger charge is -2.08. The second-order valence-corrected chi connectivity index (χ2v) is 4.97. The first kappa shape index (κ1) is 15.6. The first-order valence-corrected chi connectivity index (χ1v) is 6.70. The van der Waals surface area contributed by atoms with Gasteiger partial charge in [-0.1, -0.05) is 12.1 Å². The van der Waals surface area contributed by atoms with Crippen molar-refractivity contribution in [2.45, 2.75) is 27.7 Å². The third-order valence-electron chi connectivity index (χ3n) is 3.42. The smallest absolute Gasteiger partial charge is 0.333 e. The standard InChI is InChI=1S/C15H17N5O2/c1-9-5-6-13(7-14(9)20-8-16-18-19-20)12(4)17-11(3)10(2)15(21)22/h5-8H,1-4H3,(H,21,22)/b11-10+,17-12?. The molecule has 0 amide bonds. The molecule has 0 aliphatic carbocycles. The van der Waals surface area contributed by atoms with Gasteiger partial charge in [0.15, 0.2) is 0 Å². The van der Waals surface area contributed by atoms with Crippen molar-refractivity contribution in [3.63, 3.8) is 0 Å². The van der Waals surface area contributed by atoms with Crippen LogP contribution in [-0.4, -0.2) is 37.0 Å². The van der Waals surface area contributed by atoms with Gasteiger partial charge in [0.1, 0.15) is 6.33 Å². The zero-order valence-corrected chi connectivity index (χ0v) is 12.9. The Morgan fingerprint density at radius 2 is 2.00 bits per heavy atom. The molecule has 1 N–H and O–H groups in total. The van der Waals surface area contributed by atoms with E-state index in [1.54, 1.807) is 11.6 Å². The van der Waals surface area contributed by atoms with E-state index in [-0.39, 0.29) is 5.57 Å². The van der Waals surface area contributed by atoms with Crippen LogP contribution < -0.4 is 0 Å². The highest BCUT2D eigenvalue weighted by Crippen LogP contribution is 2.16. The van der Waals surface area contributed by atoms with E-state index in [1.165, 1.54) is 13.3 Å². The number of tetrazole rings is 1. The summed E-state index contributed by atoms with van der Waals surface area (Å²) in [6.45, 7) is 7.03. The van der Waals surface area contributed by atoms with Gasteiger partial charge >= 0.3 is 5.97 Å². The number of carboxylic acids is 1. The van der Waals surface area contributed by atoms with E-state index in [2.05, 4.69) is 20.5 Å². The van der Waals surface area contributed by atoms with Crippen molar-refractivity contribution in [1.82, 2.24) is 20.2 Å². The van der Waals surface area contributed by atoms with Gasteiger partial charge in [0.25, 0.3) is 0 Å². The number of aliphatic imine (C=N–C) groups is 1. The van der Waals surface area contributed by atoms with Crippen LogP contribution in [0.2, 0.25) is 0 Å². The van der Waals surface area contributed by atoms with Crippen LogP contribution in [0.4, 0.5) is 0 Å². The number of hydrogen-bond acceptors (Lipinski definition) is 5. The topological polar surface area (TPSA) is 93.3 Å². The normalized spacial score (nSPS) is 13.0. The number of nitrogens with zero attached hydrogens (tertiary/aromatic N) is 5. The molecule has 0 aliphatic heterocycles. The van der Waals surface area contributed by atoms with Crippen molar-refractivity contribution in [1.29, 1.82) is 0 Å². The van der Waals surface area contributed by atoms with E-state index < -0.39 is 5.97 Å². The van der Waals surface area contributed by atoms with Crippen LogP contribution >= 0.6 is 0 Å². The number of rotatable bonds is 4. The summed E-state index contributed by atoms with van der Waals surface area (Å²) in [5.41, 5.74) is 4.20. The van der Waals surface area contributed by atoms with E-state index in [9.17, 15) is 4.79 Å². The van der Waals surface area contributed by atoms with Gasteiger partial charge in [0.05, 0.1) is 11.3 Å². The van der Waals surface area contributed by atoms with Crippen molar-refractivity contribution in [3.8, 4) is 5.69 Å². The summed E-state index contributed by atoms with van der Waals surface area (Å²) in [4.78, 5) is 15.3. The average molecular weight is 299 g/mol. The molecule has 0 spiro atoms. The Kier molecular flexibility index (Phi) is 4.45. The number of aromatic nitrogens is 4. The number of hydrogen-bond donors (Lipinski definition) is 1. The summed E-state index contributed by atoms with van der Waals surface area (Å²) < 4.78 is 1.58. The molecule has 7 nitrogen and oxygen atoms in total. The maximum Gasteiger partial charge on any atom is 0.333 e. The molecule has 2 aromatic rings. The Balaban J connectivity index is 2.44. The van der Waals surface area contributed by atoms with E-state index in [0.717, 1.165) is 22.5 Å². The van der Waals surface area contributed by atoms with Gasteiger partial charge in [0, 0.05) is 11.4 Å². The second kappa shape index (κ2) is 6.30. The molecular formula is C15H17N5O2. The van der Waals surface area contributed by atoms with E-state index in [1.807, 2.05) is 32.0 Å². The summed E-state index contributed by atoms with van der Waals surface area (Å²) in [5, 5.41) is 20.1. The molecule has 0 atom stereocenters. The number of aliphatic carboxylic acids is 1. The summed E-state index contributed by atoms with van der Waals surface area (Å²) in [6, 6.07) is 5.81. The van der Waals surface area contributed by atoms with Gasteiger partial charge in [-0.25, -0.2) is 9.48 Å². The van der Waals surface area contributed by atoms with E-state index in [4.69, 9.17) is 5.11 Å². The van der Waals surface area contributed by atoms with Gasteiger partial charge in [-0.2, -0.15) is 0 Å². The van der Waals surface area contributed by atoms with Crippen LogP contribution in [-0.2, 0) is 4.79 Å². The number of carbonyl (C=O) groups is 1. The van der Waals surface area contributed by atoms with E-state index in [0.29, 0.717) is 5.70 Å². The monoisotopic (exact) mass is 299 g/mol. The second-order valence-electron chi connectivity index (χ2n) is 4.97. The molecule has 0 saturated carbocycles. The zero-order valence-electron chi connectivity index (χ0n) is 12.9. The zero-order chi connectivity index (χ0) is 16.3. The van der Waals surface area contributed by atoms with Gasteiger partial charge in [-0.05, 0) is 55.3 Å². The van der Waals surface area contributed by atoms with Crippen molar-refractivity contribution in [2.75, 3.05) is 0 Å². The molecule has 2 rings (SSSR count). The van der Waals surface area contributed by atoms with Crippen molar-refractivity contribution < 1.29 is 9.90 Å². The van der Waals surface area contributed by atoms with Gasteiger partial charge in [-0.15, -0.1) is 5.10 Å². The molecule has 1 heterocycles. The Hall–Kier alpha value is -2.83. The van der Waals surface area contributed by atoms with Crippen molar-refractivity contribution >= 4 is 11.7 Å². The third kappa shape index (κ3) is 3.25. The fourth-order valence-electron chi connectivity index (χ4n) is 1.91. The van der Waals surface area contributed by atoms with Crippen LogP contribution in [0.15, 0.2) is 40.8 Å². The SMILES string of the molecule is CC(=N/C(C)=C(\C)C(=O)O)c1ccc(C)c(-n2cnnn2)c1. The lowest BCUT2D eigenvalue weighted by Crippen LogP contribution is -2.04. The summed E-state index contributed by atoms with van der Waals surface area (Å²) in [7, 11) is 0. The predicted molar refractivity (Wildman–Crippen MR) is 82.1 cm³/mol. The molecule has 22 heavy (non-hydrogen) atoms. The highest BCUT2D eigenvalue weighted by Gasteiger charge is 2.08. The van der Waals surface area contributed by atoms with Crippen LogP contribution in [0.5, 0.6) is 0 Å². The Morgan fingerprint density at radius 1 is 1.27 bits per heavy atom. The minimum absolute atomic E-state index is 0.229. The molecule has 0 bridgehead atoms. The minimum atomic E-state index is -0.965. The number of allylic oxidation sites excluding steroid dienone is 1. The van der Waals surface area contributed by atoms with Gasteiger partial charge < -0.3 is 5.11 Å². The maximum absolute atomic E-state index is 11.0. The predicted octanol–water partition coefficient (Wildman–Crippen LogP) is 2.16. The Labute approximate surface area is 128 Å².